The van der Waals surface area contributed by atoms with Gasteiger partial charge in [0.15, 0.2) is 0 Å². The van der Waals surface area contributed by atoms with Crippen LogP contribution in [0.15, 0.2) is 12.2 Å². The first-order chi connectivity index (χ1) is 7.00. The van der Waals surface area contributed by atoms with E-state index < -0.39 is 0 Å². The molecule has 0 aromatic rings. The van der Waals surface area contributed by atoms with Gasteiger partial charge in [-0.3, -0.25) is 9.69 Å². The van der Waals surface area contributed by atoms with Gasteiger partial charge >= 0.3 is 0 Å². The van der Waals surface area contributed by atoms with Crippen LogP contribution in [0.1, 0.15) is 13.8 Å². The van der Waals surface area contributed by atoms with Gasteiger partial charge in [-0.15, -0.1) is 0 Å². The van der Waals surface area contributed by atoms with Crippen LogP contribution in [0.4, 0.5) is 0 Å². The topological polar surface area (TPSA) is 35.6 Å². The van der Waals surface area contributed by atoms with Crippen molar-refractivity contribution in [3.63, 3.8) is 0 Å². The Morgan fingerprint density at radius 1 is 1.33 bits per heavy atom. The quantitative estimate of drug-likeness (QED) is 0.681. The van der Waals surface area contributed by atoms with E-state index in [2.05, 4.69) is 28.7 Å². The molecule has 0 aromatic carbocycles. The van der Waals surface area contributed by atoms with Crippen LogP contribution in [-0.4, -0.2) is 55.1 Å². The molecule has 1 aliphatic rings. The lowest BCUT2D eigenvalue weighted by Gasteiger charge is -2.36. The van der Waals surface area contributed by atoms with Crippen molar-refractivity contribution in [3.05, 3.63) is 12.2 Å². The normalized spacial score (nSPS) is 21.0. The largest absolute Gasteiger partial charge is 0.337 e. The van der Waals surface area contributed by atoms with E-state index in [0.717, 1.165) is 26.2 Å². The van der Waals surface area contributed by atoms with Crippen molar-refractivity contribution in [1.82, 2.24) is 15.1 Å². The van der Waals surface area contributed by atoms with Gasteiger partial charge in [0.25, 0.3) is 0 Å². The highest BCUT2D eigenvalue weighted by Crippen LogP contribution is 2.03. The van der Waals surface area contributed by atoms with E-state index in [9.17, 15) is 4.79 Å². The smallest absolute Gasteiger partial charge is 0.247 e. The lowest BCUT2D eigenvalue weighted by molar-refractivity contribution is -0.119. The van der Waals surface area contributed by atoms with Crippen LogP contribution in [0.2, 0.25) is 0 Å². The summed E-state index contributed by atoms with van der Waals surface area (Å²) in [5.74, 6) is -0.0542. The number of hydrogen-bond donors (Lipinski definition) is 1. The molecule has 1 fully saturated rings. The summed E-state index contributed by atoms with van der Waals surface area (Å²) in [5.41, 5.74) is 0.566. The van der Waals surface area contributed by atoms with Crippen LogP contribution >= 0.6 is 0 Å². The SMILES string of the molecule is C=C(C)C(=O)NC(C)N1CCN(C)CC1. The highest BCUT2D eigenvalue weighted by Gasteiger charge is 2.20. The third-order valence-corrected chi connectivity index (χ3v) is 2.81. The Kier molecular flexibility index (Phi) is 4.29. The summed E-state index contributed by atoms with van der Waals surface area (Å²) in [6.07, 6.45) is 0.0999. The standard InChI is InChI=1S/C11H21N3O/c1-9(2)11(15)12-10(3)14-7-5-13(4)6-8-14/h10H,1,5-8H2,2-4H3,(H,12,15). The number of carbonyl (C=O) groups excluding carboxylic acids is 1. The van der Waals surface area contributed by atoms with Gasteiger partial charge in [0.05, 0.1) is 6.17 Å². The molecule has 1 atom stereocenters. The number of amides is 1. The summed E-state index contributed by atoms with van der Waals surface area (Å²) in [6.45, 7) is 11.5. The molecular weight excluding hydrogens is 190 g/mol. The molecule has 0 aliphatic carbocycles. The second-order valence-corrected chi connectivity index (χ2v) is 4.27. The molecule has 0 spiro atoms. The van der Waals surface area contributed by atoms with E-state index >= 15 is 0 Å². The summed E-state index contributed by atoms with van der Waals surface area (Å²) in [7, 11) is 2.12. The van der Waals surface area contributed by atoms with Crippen molar-refractivity contribution >= 4 is 5.91 Å². The van der Waals surface area contributed by atoms with Gasteiger partial charge in [-0.1, -0.05) is 6.58 Å². The van der Waals surface area contributed by atoms with Crippen LogP contribution in [0.25, 0.3) is 0 Å². The molecule has 1 heterocycles. The van der Waals surface area contributed by atoms with Crippen LogP contribution in [-0.2, 0) is 4.79 Å². The van der Waals surface area contributed by atoms with Crippen molar-refractivity contribution in [1.29, 1.82) is 0 Å². The van der Waals surface area contributed by atoms with Gasteiger partial charge in [0.1, 0.15) is 0 Å². The molecule has 1 unspecified atom stereocenters. The molecular formula is C11H21N3O. The molecule has 1 N–H and O–H groups in total. The lowest BCUT2D eigenvalue weighted by atomic mass is 10.3. The van der Waals surface area contributed by atoms with Gasteiger partial charge in [0.2, 0.25) is 5.91 Å². The fraction of sp³-hybridized carbons (Fsp3) is 0.727. The van der Waals surface area contributed by atoms with E-state index in [0.29, 0.717) is 5.57 Å². The molecule has 1 rings (SSSR count). The fourth-order valence-electron chi connectivity index (χ4n) is 1.61. The molecule has 15 heavy (non-hydrogen) atoms. The minimum absolute atomic E-state index is 0.0542. The maximum atomic E-state index is 11.4. The summed E-state index contributed by atoms with van der Waals surface area (Å²) >= 11 is 0. The fourth-order valence-corrected chi connectivity index (χ4v) is 1.61. The highest BCUT2D eigenvalue weighted by molar-refractivity contribution is 5.92. The third-order valence-electron chi connectivity index (χ3n) is 2.81. The zero-order valence-electron chi connectivity index (χ0n) is 9.92. The Bertz CT molecular complexity index is 244. The highest BCUT2D eigenvalue weighted by atomic mass is 16.1. The van der Waals surface area contributed by atoms with Crippen molar-refractivity contribution in [2.24, 2.45) is 0 Å². The van der Waals surface area contributed by atoms with E-state index in [1.54, 1.807) is 6.92 Å². The predicted molar refractivity (Wildman–Crippen MR) is 61.5 cm³/mol. The number of nitrogens with zero attached hydrogens (tertiary/aromatic N) is 2. The second-order valence-electron chi connectivity index (χ2n) is 4.27. The van der Waals surface area contributed by atoms with E-state index in [4.69, 9.17) is 0 Å². The Hall–Kier alpha value is -0.870. The molecule has 1 amide bonds. The maximum absolute atomic E-state index is 11.4. The van der Waals surface area contributed by atoms with Gasteiger partial charge in [-0.2, -0.15) is 0 Å². The molecule has 0 aromatic heterocycles. The molecule has 4 nitrogen and oxygen atoms in total. The summed E-state index contributed by atoms with van der Waals surface area (Å²) in [5, 5.41) is 2.93. The minimum atomic E-state index is -0.0542. The summed E-state index contributed by atoms with van der Waals surface area (Å²) in [4.78, 5) is 16.0. The maximum Gasteiger partial charge on any atom is 0.247 e. The second kappa shape index (κ2) is 5.28. The van der Waals surface area contributed by atoms with Crippen LogP contribution in [0, 0.1) is 0 Å². The molecule has 4 heteroatoms. The Morgan fingerprint density at radius 2 is 1.87 bits per heavy atom. The summed E-state index contributed by atoms with van der Waals surface area (Å²) < 4.78 is 0. The van der Waals surface area contributed by atoms with Crippen molar-refractivity contribution < 1.29 is 4.79 Å². The van der Waals surface area contributed by atoms with E-state index in [1.807, 2.05) is 6.92 Å². The predicted octanol–water partition coefficient (Wildman–Crippen LogP) is 0.272. The van der Waals surface area contributed by atoms with Crippen LogP contribution in [0.5, 0.6) is 0 Å². The van der Waals surface area contributed by atoms with Crippen molar-refractivity contribution in [2.75, 3.05) is 33.2 Å². The number of hydrogen-bond acceptors (Lipinski definition) is 3. The van der Waals surface area contributed by atoms with Crippen molar-refractivity contribution in [3.8, 4) is 0 Å². The molecule has 0 saturated carbocycles. The molecule has 0 bridgehead atoms. The zero-order valence-corrected chi connectivity index (χ0v) is 9.92. The average molecular weight is 211 g/mol. The Balaban J connectivity index is 2.37. The average Bonchev–Trinajstić information content (AvgIpc) is 2.18. The minimum Gasteiger partial charge on any atom is -0.337 e. The number of rotatable bonds is 3. The van der Waals surface area contributed by atoms with Gasteiger partial charge in [-0.05, 0) is 20.9 Å². The number of nitrogens with one attached hydrogen (secondary N) is 1. The molecule has 1 saturated heterocycles. The van der Waals surface area contributed by atoms with E-state index in [-0.39, 0.29) is 12.1 Å². The van der Waals surface area contributed by atoms with Crippen LogP contribution < -0.4 is 5.32 Å². The summed E-state index contributed by atoms with van der Waals surface area (Å²) in [6, 6.07) is 0. The van der Waals surface area contributed by atoms with Crippen LogP contribution in [0.3, 0.4) is 0 Å². The first kappa shape index (κ1) is 12.2. The van der Waals surface area contributed by atoms with Crippen molar-refractivity contribution in [2.45, 2.75) is 20.0 Å². The first-order valence-electron chi connectivity index (χ1n) is 5.39. The monoisotopic (exact) mass is 211 g/mol. The Morgan fingerprint density at radius 3 is 2.33 bits per heavy atom. The number of likely N-dealkylation sites (N-methyl/N-ethyl adjacent to an activating group) is 1. The number of piperazine rings is 1. The lowest BCUT2D eigenvalue weighted by Crippen LogP contribution is -2.53. The zero-order chi connectivity index (χ0) is 11.4. The Labute approximate surface area is 91.9 Å². The molecule has 0 radical (unpaired) electrons. The van der Waals surface area contributed by atoms with Gasteiger partial charge in [0, 0.05) is 31.8 Å². The first-order valence-corrected chi connectivity index (χ1v) is 5.39. The third kappa shape index (κ3) is 3.64. The molecule has 1 aliphatic heterocycles. The molecule has 86 valence electrons. The van der Waals surface area contributed by atoms with Gasteiger partial charge in [-0.25, -0.2) is 0 Å². The van der Waals surface area contributed by atoms with E-state index in [1.165, 1.54) is 0 Å². The van der Waals surface area contributed by atoms with Gasteiger partial charge < -0.3 is 10.2 Å². The number of carbonyl (C=O) groups is 1.